The molecule has 0 heterocycles. The van der Waals surface area contributed by atoms with Gasteiger partial charge in [-0.25, -0.2) is 0 Å². The molecular weight excluding hydrogens is 246 g/mol. The van der Waals surface area contributed by atoms with Gasteiger partial charge in [0.15, 0.2) is 0 Å². The Kier molecular flexibility index (Phi) is 5.44. The highest BCUT2D eigenvalue weighted by atomic mass is 16.6. The molecule has 2 N–H and O–H groups in total. The molecule has 0 aliphatic carbocycles. The van der Waals surface area contributed by atoms with E-state index in [1.807, 2.05) is 13.8 Å². The molecular formula is C13H19N3O3. The van der Waals surface area contributed by atoms with Gasteiger partial charge in [0.1, 0.15) is 5.56 Å². The van der Waals surface area contributed by atoms with E-state index >= 15 is 0 Å². The van der Waals surface area contributed by atoms with E-state index < -0.39 is 10.8 Å². The number of hydrogen-bond acceptors (Lipinski definition) is 4. The zero-order valence-corrected chi connectivity index (χ0v) is 11.4. The van der Waals surface area contributed by atoms with E-state index in [1.165, 1.54) is 6.07 Å². The largest absolute Gasteiger partial charge is 0.351 e. The van der Waals surface area contributed by atoms with E-state index in [1.54, 1.807) is 19.1 Å². The van der Waals surface area contributed by atoms with Crippen LogP contribution in [0.5, 0.6) is 0 Å². The first-order valence-corrected chi connectivity index (χ1v) is 6.19. The van der Waals surface area contributed by atoms with Gasteiger partial charge in [-0.3, -0.25) is 14.9 Å². The Morgan fingerprint density at radius 2 is 2.05 bits per heavy atom. The predicted molar refractivity (Wildman–Crippen MR) is 73.3 cm³/mol. The van der Waals surface area contributed by atoms with E-state index in [-0.39, 0.29) is 11.3 Å². The normalized spacial score (nSPS) is 10.5. The highest BCUT2D eigenvalue weighted by molar-refractivity contribution is 5.98. The molecule has 0 aliphatic rings. The number of nitro groups is 1. The summed E-state index contributed by atoms with van der Waals surface area (Å²) in [5.41, 5.74) is 0.462. The fourth-order valence-corrected chi connectivity index (χ4v) is 1.72. The molecule has 6 nitrogen and oxygen atoms in total. The van der Waals surface area contributed by atoms with Crippen LogP contribution >= 0.6 is 0 Å². The number of para-hydroxylation sites is 1. The number of hydrogen-bond donors (Lipinski definition) is 2. The molecule has 19 heavy (non-hydrogen) atoms. The lowest BCUT2D eigenvalue weighted by molar-refractivity contribution is -0.385. The third-order valence-corrected chi connectivity index (χ3v) is 2.63. The van der Waals surface area contributed by atoms with Crippen molar-refractivity contribution < 1.29 is 9.72 Å². The lowest BCUT2D eigenvalue weighted by Gasteiger charge is -2.09. The number of benzene rings is 1. The second-order valence-corrected chi connectivity index (χ2v) is 4.59. The van der Waals surface area contributed by atoms with Crippen molar-refractivity contribution in [1.82, 2.24) is 10.6 Å². The number of aryl methyl sites for hydroxylation is 1. The van der Waals surface area contributed by atoms with Gasteiger partial charge >= 0.3 is 0 Å². The molecule has 0 spiro atoms. The number of nitro benzene ring substituents is 1. The predicted octanol–water partition coefficient (Wildman–Crippen LogP) is 1.63. The van der Waals surface area contributed by atoms with Crippen LogP contribution in [0, 0.1) is 17.0 Å². The minimum Gasteiger partial charge on any atom is -0.351 e. The number of nitrogens with one attached hydrogen (secondary N) is 2. The molecule has 1 amide bonds. The minimum absolute atomic E-state index is 0.106. The fraction of sp³-hybridized carbons (Fsp3) is 0.462. The van der Waals surface area contributed by atoms with Crippen molar-refractivity contribution in [2.75, 3.05) is 13.1 Å². The Bertz CT molecular complexity index is 472. The van der Waals surface area contributed by atoms with Gasteiger partial charge in [-0.15, -0.1) is 0 Å². The summed E-state index contributed by atoms with van der Waals surface area (Å²) in [6.45, 7) is 6.70. The Hall–Kier alpha value is -1.95. The van der Waals surface area contributed by atoms with Crippen molar-refractivity contribution in [3.05, 3.63) is 39.4 Å². The van der Waals surface area contributed by atoms with Gasteiger partial charge in [0.25, 0.3) is 11.6 Å². The van der Waals surface area contributed by atoms with Crippen molar-refractivity contribution in [2.45, 2.75) is 26.8 Å². The Labute approximate surface area is 112 Å². The Morgan fingerprint density at radius 1 is 1.37 bits per heavy atom. The first-order chi connectivity index (χ1) is 8.93. The van der Waals surface area contributed by atoms with Crippen molar-refractivity contribution >= 4 is 11.6 Å². The van der Waals surface area contributed by atoms with Gasteiger partial charge in [0.05, 0.1) is 4.92 Å². The van der Waals surface area contributed by atoms with E-state index in [0.717, 1.165) is 0 Å². The average Bonchev–Trinajstić information content (AvgIpc) is 2.33. The zero-order valence-electron chi connectivity index (χ0n) is 11.4. The molecule has 0 unspecified atom stereocenters. The lowest BCUT2D eigenvalue weighted by atomic mass is 10.1. The zero-order chi connectivity index (χ0) is 14.4. The number of rotatable bonds is 6. The Morgan fingerprint density at radius 3 is 2.63 bits per heavy atom. The standard InChI is InChI=1S/C13H19N3O3/c1-9(2)14-7-8-15-13(17)11-6-4-5-10(3)12(11)16(18)19/h4-6,9,14H,7-8H2,1-3H3,(H,15,17). The van der Waals surface area contributed by atoms with Crippen LogP contribution in [0.1, 0.15) is 29.8 Å². The van der Waals surface area contributed by atoms with Crippen molar-refractivity contribution in [3.8, 4) is 0 Å². The van der Waals surface area contributed by atoms with Gasteiger partial charge in [0.2, 0.25) is 0 Å². The number of carbonyl (C=O) groups excluding carboxylic acids is 1. The van der Waals surface area contributed by atoms with E-state index in [2.05, 4.69) is 10.6 Å². The van der Waals surface area contributed by atoms with Gasteiger partial charge in [-0.05, 0) is 13.0 Å². The van der Waals surface area contributed by atoms with Gasteiger partial charge < -0.3 is 10.6 Å². The summed E-state index contributed by atoms with van der Waals surface area (Å²) < 4.78 is 0. The summed E-state index contributed by atoms with van der Waals surface area (Å²) in [7, 11) is 0. The van der Waals surface area contributed by atoms with Gasteiger partial charge in [-0.1, -0.05) is 26.0 Å². The lowest BCUT2D eigenvalue weighted by Crippen LogP contribution is -2.34. The molecule has 0 saturated heterocycles. The summed E-state index contributed by atoms with van der Waals surface area (Å²) in [6, 6.07) is 5.07. The molecule has 0 fully saturated rings. The molecule has 0 aliphatic heterocycles. The molecule has 0 aromatic heterocycles. The van der Waals surface area contributed by atoms with Crippen LogP contribution in [0.3, 0.4) is 0 Å². The maximum Gasteiger partial charge on any atom is 0.285 e. The number of amides is 1. The van der Waals surface area contributed by atoms with Crippen LogP contribution in [-0.4, -0.2) is 30.0 Å². The van der Waals surface area contributed by atoms with Crippen LogP contribution in [0.25, 0.3) is 0 Å². The van der Waals surface area contributed by atoms with Gasteiger partial charge in [0, 0.05) is 24.7 Å². The molecule has 0 saturated carbocycles. The number of carbonyl (C=O) groups is 1. The topological polar surface area (TPSA) is 84.3 Å². The maximum absolute atomic E-state index is 11.9. The average molecular weight is 265 g/mol. The molecule has 1 rings (SSSR count). The third kappa shape index (κ3) is 4.33. The summed E-state index contributed by atoms with van der Waals surface area (Å²) >= 11 is 0. The second kappa shape index (κ2) is 6.84. The number of nitrogens with zero attached hydrogens (tertiary/aromatic N) is 1. The first-order valence-electron chi connectivity index (χ1n) is 6.19. The van der Waals surface area contributed by atoms with Crippen LogP contribution < -0.4 is 10.6 Å². The van der Waals surface area contributed by atoms with Crippen molar-refractivity contribution in [2.24, 2.45) is 0 Å². The monoisotopic (exact) mass is 265 g/mol. The Balaban J connectivity index is 2.72. The van der Waals surface area contributed by atoms with E-state index in [9.17, 15) is 14.9 Å². The van der Waals surface area contributed by atoms with Crippen LogP contribution in [0.4, 0.5) is 5.69 Å². The van der Waals surface area contributed by atoms with Crippen molar-refractivity contribution in [1.29, 1.82) is 0 Å². The van der Waals surface area contributed by atoms with E-state index in [4.69, 9.17) is 0 Å². The summed E-state index contributed by atoms with van der Waals surface area (Å²) in [4.78, 5) is 22.4. The van der Waals surface area contributed by atoms with Crippen molar-refractivity contribution in [3.63, 3.8) is 0 Å². The highest BCUT2D eigenvalue weighted by Gasteiger charge is 2.21. The molecule has 104 valence electrons. The highest BCUT2D eigenvalue weighted by Crippen LogP contribution is 2.22. The summed E-state index contributed by atoms with van der Waals surface area (Å²) in [6.07, 6.45) is 0. The van der Waals surface area contributed by atoms with Crippen LogP contribution in [-0.2, 0) is 0 Å². The summed E-state index contributed by atoms with van der Waals surface area (Å²) in [5.74, 6) is -0.416. The molecule has 0 radical (unpaired) electrons. The molecule has 1 aromatic carbocycles. The maximum atomic E-state index is 11.9. The quantitative estimate of drug-likeness (QED) is 0.465. The van der Waals surface area contributed by atoms with E-state index in [0.29, 0.717) is 24.7 Å². The minimum atomic E-state index is -0.517. The first kappa shape index (κ1) is 15.1. The SMILES string of the molecule is Cc1cccc(C(=O)NCCNC(C)C)c1[N+](=O)[O-]. The summed E-state index contributed by atoms with van der Waals surface area (Å²) in [5, 5.41) is 16.8. The molecule has 6 heteroatoms. The van der Waals surface area contributed by atoms with Crippen LogP contribution in [0.2, 0.25) is 0 Å². The molecule has 0 atom stereocenters. The van der Waals surface area contributed by atoms with Crippen LogP contribution in [0.15, 0.2) is 18.2 Å². The third-order valence-electron chi connectivity index (χ3n) is 2.63. The fourth-order valence-electron chi connectivity index (χ4n) is 1.72. The van der Waals surface area contributed by atoms with Gasteiger partial charge in [-0.2, -0.15) is 0 Å². The smallest absolute Gasteiger partial charge is 0.285 e. The second-order valence-electron chi connectivity index (χ2n) is 4.59. The molecule has 1 aromatic rings. The molecule has 0 bridgehead atoms.